The van der Waals surface area contributed by atoms with Gasteiger partial charge in [0.1, 0.15) is 5.60 Å². The minimum atomic E-state index is -1.10. The van der Waals surface area contributed by atoms with Gasteiger partial charge in [-0.25, -0.2) is 4.90 Å². The van der Waals surface area contributed by atoms with Crippen LogP contribution >= 0.6 is 0 Å². The number of amides is 2. The summed E-state index contributed by atoms with van der Waals surface area (Å²) in [5.41, 5.74) is -0.279. The number of aliphatic hydroxyl groups excluding tert-OH is 1. The van der Waals surface area contributed by atoms with Crippen LogP contribution in [0.5, 0.6) is 0 Å². The first kappa shape index (κ1) is 14.3. The molecule has 2 bridgehead atoms. The largest absolute Gasteiger partial charge is 0.393 e. The first-order valence-electron chi connectivity index (χ1n) is 7.45. The third-order valence-electron chi connectivity index (χ3n) is 4.91. The lowest BCUT2D eigenvalue weighted by molar-refractivity contribution is -0.128. The SMILES string of the molecule is CC(=O)c1cccc(N2C(=O)[C@@H]3[C@@H](C2=O)[C@@]2(CO)C=C[C@H]3O2)c1. The Morgan fingerprint density at radius 1 is 1.35 bits per heavy atom. The molecule has 2 fully saturated rings. The number of ketones is 1. The molecule has 23 heavy (non-hydrogen) atoms. The lowest BCUT2D eigenvalue weighted by Gasteiger charge is -2.26. The summed E-state index contributed by atoms with van der Waals surface area (Å²) in [6, 6.07) is 6.46. The maximum absolute atomic E-state index is 12.8. The molecule has 0 aromatic heterocycles. The Labute approximate surface area is 132 Å². The summed E-state index contributed by atoms with van der Waals surface area (Å²) in [7, 11) is 0. The molecule has 1 N–H and O–H groups in total. The second-order valence-electron chi connectivity index (χ2n) is 6.18. The van der Waals surface area contributed by atoms with Crippen molar-refractivity contribution in [3.63, 3.8) is 0 Å². The number of hydrogen-bond donors (Lipinski definition) is 1. The number of ether oxygens (including phenoxy) is 1. The molecule has 4 atom stereocenters. The van der Waals surface area contributed by atoms with E-state index in [1.807, 2.05) is 0 Å². The Bertz CT molecular complexity index is 770. The van der Waals surface area contributed by atoms with Crippen LogP contribution in [0.4, 0.5) is 5.69 Å². The van der Waals surface area contributed by atoms with Crippen LogP contribution in [0.15, 0.2) is 36.4 Å². The van der Waals surface area contributed by atoms with Gasteiger partial charge in [-0.2, -0.15) is 0 Å². The van der Waals surface area contributed by atoms with E-state index < -0.39 is 23.5 Å². The van der Waals surface area contributed by atoms with Gasteiger partial charge in [0.15, 0.2) is 5.78 Å². The first-order chi connectivity index (χ1) is 11.0. The molecule has 1 aromatic carbocycles. The number of carbonyl (C=O) groups excluding carboxylic acids is 3. The van der Waals surface area contributed by atoms with Gasteiger partial charge in [-0.1, -0.05) is 24.3 Å². The molecule has 3 aliphatic heterocycles. The monoisotopic (exact) mass is 313 g/mol. The second-order valence-corrected chi connectivity index (χ2v) is 6.18. The molecule has 2 saturated heterocycles. The highest BCUT2D eigenvalue weighted by atomic mass is 16.5. The van der Waals surface area contributed by atoms with Crippen molar-refractivity contribution in [3.05, 3.63) is 42.0 Å². The number of rotatable bonds is 3. The number of fused-ring (bicyclic) bond motifs is 5. The van der Waals surface area contributed by atoms with Gasteiger partial charge in [0.25, 0.3) is 0 Å². The van der Waals surface area contributed by atoms with Crippen molar-refractivity contribution in [1.29, 1.82) is 0 Å². The van der Waals surface area contributed by atoms with E-state index in [1.54, 1.807) is 36.4 Å². The summed E-state index contributed by atoms with van der Waals surface area (Å²) in [5.74, 6) is -2.19. The normalized spacial score (nSPS) is 34.3. The van der Waals surface area contributed by atoms with Gasteiger partial charge in [0, 0.05) is 5.56 Å². The first-order valence-corrected chi connectivity index (χ1v) is 7.45. The van der Waals surface area contributed by atoms with Gasteiger partial charge < -0.3 is 9.84 Å². The summed E-state index contributed by atoms with van der Waals surface area (Å²) in [6.45, 7) is 1.09. The third kappa shape index (κ3) is 1.73. The van der Waals surface area contributed by atoms with E-state index in [1.165, 1.54) is 6.92 Å². The van der Waals surface area contributed by atoms with E-state index in [9.17, 15) is 19.5 Å². The van der Waals surface area contributed by atoms with Gasteiger partial charge in [0.2, 0.25) is 11.8 Å². The number of carbonyl (C=O) groups is 3. The number of anilines is 1. The molecule has 2 amide bonds. The molecule has 1 aromatic rings. The molecular weight excluding hydrogens is 298 g/mol. The fourth-order valence-electron chi connectivity index (χ4n) is 3.80. The van der Waals surface area contributed by atoms with Crippen LogP contribution < -0.4 is 4.90 Å². The molecule has 118 valence electrons. The number of imide groups is 1. The van der Waals surface area contributed by atoms with Crippen molar-refractivity contribution in [1.82, 2.24) is 0 Å². The summed E-state index contributed by atoms with van der Waals surface area (Å²) >= 11 is 0. The third-order valence-corrected chi connectivity index (χ3v) is 4.91. The summed E-state index contributed by atoms with van der Waals surface area (Å²) in [6.07, 6.45) is 2.93. The Kier molecular flexibility index (Phi) is 2.86. The molecule has 0 radical (unpaired) electrons. The van der Waals surface area contributed by atoms with E-state index in [0.717, 1.165) is 4.90 Å². The second kappa shape index (κ2) is 4.59. The number of Topliss-reactive ketones (excluding diaryl/α,β-unsaturated/α-hetero) is 1. The lowest BCUT2D eigenvalue weighted by Crippen LogP contribution is -2.43. The summed E-state index contributed by atoms with van der Waals surface area (Å²) < 4.78 is 5.68. The molecule has 6 heteroatoms. The van der Waals surface area contributed by atoms with Gasteiger partial charge in [-0.05, 0) is 19.1 Å². The predicted molar refractivity (Wildman–Crippen MR) is 79.7 cm³/mol. The van der Waals surface area contributed by atoms with E-state index in [4.69, 9.17) is 4.74 Å². The lowest BCUT2D eigenvalue weighted by atomic mass is 9.77. The molecule has 3 heterocycles. The van der Waals surface area contributed by atoms with Crippen LogP contribution in [-0.2, 0) is 14.3 Å². The van der Waals surface area contributed by atoms with Crippen LogP contribution in [0.25, 0.3) is 0 Å². The molecule has 3 aliphatic rings. The van der Waals surface area contributed by atoms with Gasteiger partial charge in [-0.15, -0.1) is 0 Å². The minimum Gasteiger partial charge on any atom is -0.393 e. The zero-order valence-corrected chi connectivity index (χ0v) is 12.4. The van der Waals surface area contributed by atoms with E-state index in [2.05, 4.69) is 0 Å². The van der Waals surface area contributed by atoms with E-state index in [-0.39, 0.29) is 24.2 Å². The fourth-order valence-corrected chi connectivity index (χ4v) is 3.80. The molecule has 0 saturated carbocycles. The van der Waals surface area contributed by atoms with E-state index in [0.29, 0.717) is 11.3 Å². The average Bonchev–Trinajstić information content (AvgIpc) is 3.18. The van der Waals surface area contributed by atoms with Crippen LogP contribution in [0.1, 0.15) is 17.3 Å². The van der Waals surface area contributed by atoms with Crippen molar-refractivity contribution in [2.75, 3.05) is 11.5 Å². The van der Waals surface area contributed by atoms with Crippen molar-refractivity contribution < 1.29 is 24.2 Å². The van der Waals surface area contributed by atoms with Crippen LogP contribution in [-0.4, -0.2) is 41.0 Å². The molecule has 4 rings (SSSR count). The zero-order chi connectivity index (χ0) is 16.4. The van der Waals surface area contributed by atoms with Gasteiger partial charge in [-0.3, -0.25) is 14.4 Å². The number of benzene rings is 1. The summed E-state index contributed by atoms with van der Waals surface area (Å²) in [4.78, 5) is 38.2. The molecule has 0 aliphatic carbocycles. The average molecular weight is 313 g/mol. The quantitative estimate of drug-likeness (QED) is 0.504. The Morgan fingerprint density at radius 2 is 2.13 bits per heavy atom. The standard InChI is InChI=1S/C17H15NO5/c1-9(20)10-3-2-4-11(7-10)18-15(21)13-12-5-6-17(8-19,23-12)14(13)16(18)22/h2-7,12-14,19H,8H2,1H3/t12-,13+,14+,17+/m1/s1. The maximum atomic E-state index is 12.8. The van der Waals surface area contributed by atoms with Crippen molar-refractivity contribution in [2.24, 2.45) is 11.8 Å². The fraction of sp³-hybridized carbons (Fsp3) is 0.353. The van der Waals surface area contributed by atoms with Gasteiger partial charge in [0.05, 0.1) is 30.2 Å². The molecular formula is C17H15NO5. The van der Waals surface area contributed by atoms with Crippen molar-refractivity contribution in [3.8, 4) is 0 Å². The highest BCUT2D eigenvalue weighted by Gasteiger charge is 2.67. The Balaban J connectivity index is 1.76. The molecule has 6 nitrogen and oxygen atoms in total. The van der Waals surface area contributed by atoms with Gasteiger partial charge >= 0.3 is 0 Å². The Morgan fingerprint density at radius 3 is 2.83 bits per heavy atom. The van der Waals surface area contributed by atoms with Crippen LogP contribution in [0.2, 0.25) is 0 Å². The zero-order valence-electron chi connectivity index (χ0n) is 12.4. The topological polar surface area (TPSA) is 83.9 Å². The van der Waals surface area contributed by atoms with Crippen LogP contribution in [0, 0.1) is 11.8 Å². The number of hydrogen-bond acceptors (Lipinski definition) is 5. The Hall–Kier alpha value is -2.31. The maximum Gasteiger partial charge on any atom is 0.241 e. The molecule has 0 spiro atoms. The predicted octanol–water partition coefficient (Wildman–Crippen LogP) is 0.695. The van der Waals surface area contributed by atoms with Crippen LogP contribution in [0.3, 0.4) is 0 Å². The summed E-state index contributed by atoms with van der Waals surface area (Å²) in [5, 5.41) is 9.67. The minimum absolute atomic E-state index is 0.136. The number of nitrogens with zero attached hydrogens (tertiary/aromatic N) is 1. The highest BCUT2D eigenvalue weighted by Crippen LogP contribution is 2.52. The van der Waals surface area contributed by atoms with Crippen molar-refractivity contribution in [2.45, 2.75) is 18.6 Å². The molecule has 0 unspecified atom stereocenters. The highest BCUT2D eigenvalue weighted by molar-refractivity contribution is 6.23. The smallest absolute Gasteiger partial charge is 0.241 e. The van der Waals surface area contributed by atoms with Crippen molar-refractivity contribution >= 4 is 23.3 Å². The van der Waals surface area contributed by atoms with E-state index >= 15 is 0 Å². The number of aliphatic hydroxyl groups is 1.